The fourth-order valence-electron chi connectivity index (χ4n) is 12.2. The third-order valence-corrected chi connectivity index (χ3v) is 14.4. The van der Waals surface area contributed by atoms with E-state index in [0.29, 0.717) is 23.7 Å². The van der Waals surface area contributed by atoms with E-state index in [9.17, 15) is 19.5 Å². The maximum atomic E-state index is 12.9. The third-order valence-electron chi connectivity index (χ3n) is 14.4. The molecule has 6 heteroatoms. The van der Waals surface area contributed by atoms with Crippen LogP contribution in [0.3, 0.4) is 0 Å². The molecule has 11 atom stereocenters. The molecule has 5 rings (SSSR count). The maximum Gasteiger partial charge on any atom is 0.347 e. The van der Waals surface area contributed by atoms with Crippen molar-refractivity contribution in [2.45, 2.75) is 132 Å². The Morgan fingerprint density at radius 3 is 2.12 bits per heavy atom. The Balaban J connectivity index is 1.43. The van der Waals surface area contributed by atoms with Gasteiger partial charge in [-0.2, -0.15) is 0 Å². The quantitative estimate of drug-likeness (QED) is 0.270. The summed E-state index contributed by atoms with van der Waals surface area (Å²) in [4.78, 5) is 37.1. The lowest BCUT2D eigenvalue weighted by Crippen LogP contribution is -2.67. The highest BCUT2D eigenvalue weighted by Gasteiger charge is 2.72. The van der Waals surface area contributed by atoms with Crippen molar-refractivity contribution in [1.29, 1.82) is 0 Å². The van der Waals surface area contributed by atoms with E-state index in [2.05, 4.69) is 48.1 Å². The van der Waals surface area contributed by atoms with Crippen LogP contribution in [-0.2, 0) is 23.9 Å². The number of allylic oxidation sites excluding steroid dienone is 1. The van der Waals surface area contributed by atoms with E-state index >= 15 is 0 Å². The fraction of sp³-hybridized carbons (Fsp3) is 0.857. The monoisotopic (exact) mass is 570 g/mol. The second-order valence-corrected chi connectivity index (χ2v) is 16.2. The molecule has 2 unspecified atom stereocenters. The molecule has 1 N–H and O–H groups in total. The van der Waals surface area contributed by atoms with E-state index in [4.69, 9.17) is 9.47 Å². The van der Waals surface area contributed by atoms with Gasteiger partial charge in [-0.05, 0) is 124 Å². The van der Waals surface area contributed by atoms with E-state index in [1.807, 2.05) is 0 Å². The first-order valence-corrected chi connectivity index (χ1v) is 16.2. The number of esters is 2. The molecule has 0 aromatic carbocycles. The van der Waals surface area contributed by atoms with Crippen LogP contribution < -0.4 is 0 Å². The molecule has 0 heterocycles. The van der Waals surface area contributed by atoms with Crippen molar-refractivity contribution < 1.29 is 29.0 Å². The summed E-state index contributed by atoms with van der Waals surface area (Å²) in [7, 11) is 0. The Labute approximate surface area is 247 Å². The second kappa shape index (κ2) is 9.84. The van der Waals surface area contributed by atoms with Gasteiger partial charge in [-0.15, -0.1) is 0 Å². The first-order valence-electron chi connectivity index (χ1n) is 16.2. The van der Waals surface area contributed by atoms with E-state index in [-0.39, 0.29) is 33.7 Å². The van der Waals surface area contributed by atoms with Crippen LogP contribution >= 0.6 is 0 Å². The molecular weight excluding hydrogens is 516 g/mol. The normalized spacial score (nSPS) is 47.0. The molecule has 5 saturated carbocycles. The Bertz CT molecular complexity index is 1130. The lowest BCUT2D eigenvalue weighted by molar-refractivity contribution is -0.251. The van der Waals surface area contributed by atoms with E-state index in [0.717, 1.165) is 64.2 Å². The van der Waals surface area contributed by atoms with E-state index < -0.39 is 29.4 Å². The van der Waals surface area contributed by atoms with Crippen LogP contribution in [0, 0.1) is 56.7 Å². The number of fused-ring (bicyclic) bond motifs is 7. The molecule has 0 spiro atoms. The predicted molar refractivity (Wildman–Crippen MR) is 158 cm³/mol. The van der Waals surface area contributed by atoms with Gasteiger partial charge in [-0.3, -0.25) is 9.59 Å². The largest absolute Gasteiger partial charge is 0.481 e. The average molecular weight is 571 g/mol. The zero-order valence-corrected chi connectivity index (χ0v) is 26.8. The van der Waals surface area contributed by atoms with Gasteiger partial charge in [0.05, 0.1) is 5.41 Å². The molecule has 0 amide bonds. The van der Waals surface area contributed by atoms with E-state index in [1.165, 1.54) is 12.5 Å². The minimum Gasteiger partial charge on any atom is -0.481 e. The maximum absolute atomic E-state index is 12.9. The first kappa shape index (κ1) is 30.6. The summed E-state index contributed by atoms with van der Waals surface area (Å²) in [6, 6.07) is 0. The van der Waals surface area contributed by atoms with Crippen molar-refractivity contribution in [2.24, 2.45) is 56.7 Å². The average Bonchev–Trinajstić information content (AvgIpc) is 3.27. The van der Waals surface area contributed by atoms with Gasteiger partial charge in [0.1, 0.15) is 6.10 Å². The fourth-order valence-corrected chi connectivity index (χ4v) is 12.2. The summed E-state index contributed by atoms with van der Waals surface area (Å²) in [6.45, 7) is 21.5. The zero-order chi connectivity index (χ0) is 30.3. The van der Waals surface area contributed by atoms with Crippen LogP contribution in [0.25, 0.3) is 0 Å². The van der Waals surface area contributed by atoms with Gasteiger partial charge in [-0.25, -0.2) is 4.79 Å². The van der Waals surface area contributed by atoms with Gasteiger partial charge in [0, 0.05) is 12.3 Å². The highest BCUT2D eigenvalue weighted by atomic mass is 16.6. The standard InChI is InChI=1S/C35H54O6/c1-20(2)23-12-17-35(30(38)39)19-18-33(8)24(28(23)35)10-11-26-32(7)15-14-27(41-29(37)21(3)40-22(4)36)31(5,6)25(32)13-16-34(26,33)9/h21,23-28H,1,10-19H2,2-9H3,(H,38,39)/t21?,23-,24+,25-,26+,27-,28+,32-,33+,34+,35?/m0/s1. The summed E-state index contributed by atoms with van der Waals surface area (Å²) in [5, 5.41) is 10.6. The number of carbonyl (C=O) groups is 3. The highest BCUT2D eigenvalue weighted by Crippen LogP contribution is 2.77. The molecule has 0 saturated heterocycles. The molecular formula is C35H54O6. The number of carboxylic acids is 1. The summed E-state index contributed by atoms with van der Waals surface area (Å²) in [5.41, 5.74) is 0.739. The Kier molecular flexibility index (Phi) is 7.34. The smallest absolute Gasteiger partial charge is 0.347 e. The van der Waals surface area contributed by atoms with Gasteiger partial charge >= 0.3 is 17.9 Å². The minimum absolute atomic E-state index is 0.0957. The molecule has 0 bridgehead atoms. The molecule has 0 aliphatic heterocycles. The minimum atomic E-state index is -0.899. The van der Waals surface area contributed by atoms with Crippen molar-refractivity contribution in [1.82, 2.24) is 0 Å². The molecule has 230 valence electrons. The second-order valence-electron chi connectivity index (χ2n) is 16.2. The molecule has 5 aliphatic carbocycles. The summed E-state index contributed by atoms with van der Waals surface area (Å²) >= 11 is 0. The predicted octanol–water partition coefficient (Wildman–Crippen LogP) is 7.59. The highest BCUT2D eigenvalue weighted by molar-refractivity contribution is 5.78. The molecule has 6 nitrogen and oxygen atoms in total. The van der Waals surface area contributed by atoms with Crippen molar-refractivity contribution in [3.8, 4) is 0 Å². The summed E-state index contributed by atoms with van der Waals surface area (Å²) in [6.07, 6.45) is 8.72. The van der Waals surface area contributed by atoms with Gasteiger partial charge in [-0.1, -0.05) is 46.8 Å². The van der Waals surface area contributed by atoms with Crippen LogP contribution in [-0.4, -0.2) is 35.2 Å². The van der Waals surface area contributed by atoms with Crippen molar-refractivity contribution in [3.63, 3.8) is 0 Å². The number of hydrogen-bond acceptors (Lipinski definition) is 5. The van der Waals surface area contributed by atoms with Crippen LogP contribution in [0.1, 0.15) is 120 Å². The topological polar surface area (TPSA) is 89.9 Å². The summed E-state index contributed by atoms with van der Waals surface area (Å²) < 4.78 is 11.2. The van der Waals surface area contributed by atoms with Crippen LogP contribution in [0.4, 0.5) is 0 Å². The molecule has 5 aliphatic rings. The van der Waals surface area contributed by atoms with Crippen LogP contribution in [0.2, 0.25) is 0 Å². The van der Waals surface area contributed by atoms with Gasteiger partial charge < -0.3 is 14.6 Å². The number of carbonyl (C=O) groups excluding carboxylic acids is 2. The number of rotatable bonds is 5. The number of hydrogen-bond donors (Lipinski definition) is 1. The zero-order valence-electron chi connectivity index (χ0n) is 26.8. The Hall–Kier alpha value is -1.85. The summed E-state index contributed by atoms with van der Waals surface area (Å²) in [5.74, 6) is 0.360. The lowest BCUT2D eigenvalue weighted by atomic mass is 9.32. The lowest BCUT2D eigenvalue weighted by Gasteiger charge is -2.72. The van der Waals surface area contributed by atoms with Crippen LogP contribution in [0.5, 0.6) is 0 Å². The van der Waals surface area contributed by atoms with Gasteiger partial charge in [0.2, 0.25) is 0 Å². The SMILES string of the molecule is C=C(C)[C@@H]1CCC2(C(=O)O)CC[C@]3(C)[C@H](CC[C@@H]4[C@@]5(C)CC[C@H](OC(=O)C(C)OC(C)=O)C(C)(C)[C@@H]5CC[C@]43C)[C@@H]12. The molecule has 5 fully saturated rings. The Morgan fingerprint density at radius 2 is 1.51 bits per heavy atom. The van der Waals surface area contributed by atoms with Gasteiger partial charge in [0.25, 0.3) is 0 Å². The van der Waals surface area contributed by atoms with Crippen LogP contribution in [0.15, 0.2) is 12.2 Å². The molecule has 0 aromatic rings. The van der Waals surface area contributed by atoms with Crippen molar-refractivity contribution in [3.05, 3.63) is 12.2 Å². The Morgan fingerprint density at radius 1 is 0.829 bits per heavy atom. The number of ether oxygens (including phenoxy) is 2. The van der Waals surface area contributed by atoms with Gasteiger partial charge in [0.15, 0.2) is 6.10 Å². The van der Waals surface area contributed by atoms with E-state index in [1.54, 1.807) is 6.92 Å². The molecule has 0 aromatic heterocycles. The third kappa shape index (κ3) is 4.18. The first-order chi connectivity index (χ1) is 19.0. The van der Waals surface area contributed by atoms with Crippen molar-refractivity contribution in [2.75, 3.05) is 0 Å². The molecule has 41 heavy (non-hydrogen) atoms. The van der Waals surface area contributed by atoms with Crippen molar-refractivity contribution >= 4 is 17.9 Å². The molecule has 0 radical (unpaired) electrons. The number of aliphatic carboxylic acids is 1. The number of carboxylic acid groups (broad SMARTS) is 1.